The van der Waals surface area contributed by atoms with Gasteiger partial charge in [0, 0.05) is 11.8 Å². The molecular weight excluding hydrogens is 231 g/mol. The number of nitrogens with two attached hydrogens (primary N) is 1. The SMILES string of the molecule is N#CCC1(COc2c(F)cccc2CCN)CC1. The van der Waals surface area contributed by atoms with Crippen LogP contribution in [0.2, 0.25) is 0 Å². The Labute approximate surface area is 106 Å². The molecule has 1 fully saturated rings. The highest BCUT2D eigenvalue weighted by Crippen LogP contribution is 2.48. The fraction of sp³-hybridized carbons (Fsp3) is 0.500. The van der Waals surface area contributed by atoms with Gasteiger partial charge < -0.3 is 10.5 Å². The third-order valence-electron chi connectivity index (χ3n) is 3.40. The Morgan fingerprint density at radius 2 is 2.22 bits per heavy atom. The number of halogens is 1. The Bertz CT molecular complexity index is 463. The van der Waals surface area contributed by atoms with E-state index in [2.05, 4.69) is 6.07 Å². The predicted molar refractivity (Wildman–Crippen MR) is 66.6 cm³/mol. The van der Waals surface area contributed by atoms with Gasteiger partial charge in [0.1, 0.15) is 0 Å². The van der Waals surface area contributed by atoms with E-state index in [1.807, 2.05) is 6.07 Å². The molecule has 0 saturated heterocycles. The van der Waals surface area contributed by atoms with Gasteiger partial charge in [0.15, 0.2) is 11.6 Å². The van der Waals surface area contributed by atoms with Crippen LogP contribution in [-0.2, 0) is 6.42 Å². The van der Waals surface area contributed by atoms with E-state index < -0.39 is 0 Å². The van der Waals surface area contributed by atoms with Gasteiger partial charge >= 0.3 is 0 Å². The Morgan fingerprint density at radius 3 is 2.83 bits per heavy atom. The second kappa shape index (κ2) is 5.36. The van der Waals surface area contributed by atoms with Gasteiger partial charge in [-0.2, -0.15) is 5.26 Å². The molecule has 0 heterocycles. The largest absolute Gasteiger partial charge is 0.490 e. The molecule has 1 aliphatic carbocycles. The highest BCUT2D eigenvalue weighted by atomic mass is 19.1. The van der Waals surface area contributed by atoms with Gasteiger partial charge in [-0.15, -0.1) is 0 Å². The zero-order valence-electron chi connectivity index (χ0n) is 10.3. The minimum Gasteiger partial charge on any atom is -0.490 e. The van der Waals surface area contributed by atoms with E-state index in [0.29, 0.717) is 31.7 Å². The maximum atomic E-state index is 13.7. The van der Waals surface area contributed by atoms with Crippen molar-refractivity contribution in [2.75, 3.05) is 13.2 Å². The molecule has 3 nitrogen and oxygen atoms in total. The quantitative estimate of drug-likeness (QED) is 0.841. The maximum absolute atomic E-state index is 13.7. The van der Waals surface area contributed by atoms with Crippen molar-refractivity contribution >= 4 is 0 Å². The Balaban J connectivity index is 2.07. The Morgan fingerprint density at radius 1 is 1.44 bits per heavy atom. The second-order valence-electron chi connectivity index (χ2n) is 4.89. The summed E-state index contributed by atoms with van der Waals surface area (Å²) < 4.78 is 19.3. The lowest BCUT2D eigenvalue weighted by atomic mass is 10.1. The smallest absolute Gasteiger partial charge is 0.165 e. The van der Waals surface area contributed by atoms with E-state index in [9.17, 15) is 4.39 Å². The maximum Gasteiger partial charge on any atom is 0.165 e. The molecular formula is C14H17FN2O. The number of nitrogens with zero attached hydrogens (tertiary/aromatic N) is 1. The van der Waals surface area contributed by atoms with E-state index in [1.54, 1.807) is 6.07 Å². The summed E-state index contributed by atoms with van der Waals surface area (Å²) in [5.41, 5.74) is 6.25. The summed E-state index contributed by atoms with van der Waals surface area (Å²) in [7, 11) is 0. The summed E-state index contributed by atoms with van der Waals surface area (Å²) in [6.07, 6.45) is 3.05. The molecule has 1 aromatic carbocycles. The van der Waals surface area contributed by atoms with Gasteiger partial charge in [-0.3, -0.25) is 0 Å². The fourth-order valence-electron chi connectivity index (χ4n) is 2.01. The van der Waals surface area contributed by atoms with Crippen LogP contribution in [0.3, 0.4) is 0 Å². The summed E-state index contributed by atoms with van der Waals surface area (Å²) in [5, 5.41) is 8.74. The lowest BCUT2D eigenvalue weighted by molar-refractivity contribution is 0.225. The first-order chi connectivity index (χ1) is 8.71. The Kier molecular flexibility index (Phi) is 3.83. The molecule has 0 aliphatic heterocycles. The molecule has 1 aromatic rings. The highest BCUT2D eigenvalue weighted by molar-refractivity contribution is 5.35. The zero-order chi connectivity index (χ0) is 13.0. The van der Waals surface area contributed by atoms with Crippen LogP contribution in [0.1, 0.15) is 24.8 Å². The molecule has 4 heteroatoms. The second-order valence-corrected chi connectivity index (χ2v) is 4.89. The third-order valence-corrected chi connectivity index (χ3v) is 3.40. The van der Waals surface area contributed by atoms with Crippen molar-refractivity contribution in [1.29, 1.82) is 5.26 Å². The number of para-hydroxylation sites is 1. The van der Waals surface area contributed by atoms with Crippen LogP contribution in [0.15, 0.2) is 18.2 Å². The van der Waals surface area contributed by atoms with Gasteiger partial charge in [-0.25, -0.2) is 4.39 Å². The molecule has 0 atom stereocenters. The van der Waals surface area contributed by atoms with Gasteiger partial charge in [-0.05, 0) is 37.4 Å². The third kappa shape index (κ3) is 2.80. The minimum absolute atomic E-state index is 0.0446. The summed E-state index contributed by atoms with van der Waals surface area (Å²) in [4.78, 5) is 0. The monoisotopic (exact) mass is 248 g/mol. The van der Waals surface area contributed by atoms with Crippen molar-refractivity contribution in [3.63, 3.8) is 0 Å². The molecule has 0 spiro atoms. The van der Waals surface area contributed by atoms with Gasteiger partial charge in [0.2, 0.25) is 0 Å². The van der Waals surface area contributed by atoms with Gasteiger partial charge in [0.05, 0.1) is 12.7 Å². The summed E-state index contributed by atoms with van der Waals surface area (Å²) >= 11 is 0. The molecule has 0 bridgehead atoms. The summed E-state index contributed by atoms with van der Waals surface area (Å²) in [6, 6.07) is 7.05. The van der Waals surface area contributed by atoms with Crippen LogP contribution in [0.4, 0.5) is 4.39 Å². The standard InChI is InChI=1S/C14H17FN2O/c15-12-3-1-2-11(4-8-16)13(12)18-10-14(5-6-14)7-9-17/h1-3H,4-8,10,16H2. The van der Waals surface area contributed by atoms with Crippen molar-refractivity contribution < 1.29 is 9.13 Å². The molecule has 0 unspecified atom stereocenters. The zero-order valence-corrected chi connectivity index (χ0v) is 10.3. The van der Waals surface area contributed by atoms with E-state index in [0.717, 1.165) is 18.4 Å². The van der Waals surface area contributed by atoms with Crippen molar-refractivity contribution in [3.05, 3.63) is 29.6 Å². The first-order valence-corrected chi connectivity index (χ1v) is 6.18. The molecule has 0 radical (unpaired) electrons. The summed E-state index contributed by atoms with van der Waals surface area (Å²) in [6.45, 7) is 0.877. The molecule has 1 aliphatic rings. The van der Waals surface area contributed by atoms with E-state index in [1.165, 1.54) is 6.07 Å². The topological polar surface area (TPSA) is 59.0 Å². The number of benzene rings is 1. The van der Waals surface area contributed by atoms with Crippen LogP contribution in [0, 0.1) is 22.6 Å². The molecule has 1 saturated carbocycles. The molecule has 96 valence electrons. The highest BCUT2D eigenvalue weighted by Gasteiger charge is 2.43. The van der Waals surface area contributed by atoms with E-state index >= 15 is 0 Å². The average molecular weight is 248 g/mol. The van der Waals surface area contributed by atoms with E-state index in [4.69, 9.17) is 15.7 Å². The predicted octanol–water partition coefficient (Wildman–Crippen LogP) is 2.40. The number of rotatable bonds is 6. The van der Waals surface area contributed by atoms with Gasteiger partial charge in [0.25, 0.3) is 0 Å². The van der Waals surface area contributed by atoms with E-state index in [-0.39, 0.29) is 11.2 Å². The number of hydrogen-bond donors (Lipinski definition) is 1. The first kappa shape index (κ1) is 12.8. The lowest BCUT2D eigenvalue weighted by Crippen LogP contribution is -2.15. The number of nitriles is 1. The van der Waals surface area contributed by atoms with Crippen LogP contribution in [-0.4, -0.2) is 13.2 Å². The normalized spacial score (nSPS) is 16.1. The summed E-state index contributed by atoms with van der Waals surface area (Å²) in [5.74, 6) is -0.0547. The molecule has 0 aromatic heterocycles. The van der Waals surface area contributed by atoms with Crippen molar-refractivity contribution in [1.82, 2.24) is 0 Å². The molecule has 2 N–H and O–H groups in total. The van der Waals surface area contributed by atoms with Crippen molar-refractivity contribution in [2.45, 2.75) is 25.7 Å². The molecule has 0 amide bonds. The number of hydrogen-bond acceptors (Lipinski definition) is 3. The van der Waals surface area contributed by atoms with Crippen LogP contribution in [0.5, 0.6) is 5.75 Å². The first-order valence-electron chi connectivity index (χ1n) is 6.18. The van der Waals surface area contributed by atoms with Crippen LogP contribution >= 0.6 is 0 Å². The molecule has 18 heavy (non-hydrogen) atoms. The van der Waals surface area contributed by atoms with Crippen LogP contribution < -0.4 is 10.5 Å². The van der Waals surface area contributed by atoms with Crippen molar-refractivity contribution in [3.8, 4) is 11.8 Å². The fourth-order valence-corrected chi connectivity index (χ4v) is 2.01. The molecule has 2 rings (SSSR count). The lowest BCUT2D eigenvalue weighted by Gasteiger charge is -2.16. The Hall–Kier alpha value is -1.60. The van der Waals surface area contributed by atoms with Crippen LogP contribution in [0.25, 0.3) is 0 Å². The number of ether oxygens (including phenoxy) is 1. The van der Waals surface area contributed by atoms with Crippen molar-refractivity contribution in [2.24, 2.45) is 11.1 Å². The minimum atomic E-state index is -0.353. The van der Waals surface area contributed by atoms with Gasteiger partial charge in [-0.1, -0.05) is 12.1 Å². The average Bonchev–Trinajstić information content (AvgIpc) is 3.10.